The molecule has 2 N–H and O–H groups in total. The molecular weight excluding hydrogens is 298 g/mol. The SMILES string of the molecule is COc1ccc(OC(C)C)c(NC(=O)CC(C)(C)CC(=O)O)c1. The zero-order valence-electron chi connectivity index (χ0n) is 14.3. The van der Waals surface area contributed by atoms with Gasteiger partial charge in [0.05, 0.1) is 25.3 Å². The predicted octanol–water partition coefficient (Wildman–Crippen LogP) is 3.31. The molecule has 1 rings (SSSR count). The van der Waals surface area contributed by atoms with Crippen LogP contribution >= 0.6 is 0 Å². The third kappa shape index (κ3) is 6.59. The maximum absolute atomic E-state index is 12.2. The molecule has 0 saturated heterocycles. The number of ether oxygens (including phenoxy) is 2. The van der Waals surface area contributed by atoms with Crippen LogP contribution in [0.15, 0.2) is 18.2 Å². The molecule has 0 aliphatic carbocycles. The second kappa shape index (κ2) is 7.85. The van der Waals surface area contributed by atoms with Gasteiger partial charge in [0.2, 0.25) is 5.91 Å². The fourth-order valence-electron chi connectivity index (χ4n) is 2.19. The van der Waals surface area contributed by atoms with E-state index in [2.05, 4.69) is 5.32 Å². The lowest BCUT2D eigenvalue weighted by Crippen LogP contribution is -2.25. The number of anilines is 1. The Hall–Kier alpha value is -2.24. The van der Waals surface area contributed by atoms with Crippen LogP contribution in [0.5, 0.6) is 11.5 Å². The molecule has 0 heterocycles. The summed E-state index contributed by atoms with van der Waals surface area (Å²) in [6.45, 7) is 7.28. The minimum Gasteiger partial charge on any atom is -0.497 e. The van der Waals surface area contributed by atoms with Gasteiger partial charge in [0.1, 0.15) is 11.5 Å². The van der Waals surface area contributed by atoms with Gasteiger partial charge >= 0.3 is 5.97 Å². The van der Waals surface area contributed by atoms with Gasteiger partial charge in [-0.05, 0) is 31.4 Å². The zero-order chi connectivity index (χ0) is 17.6. The number of carbonyl (C=O) groups is 2. The van der Waals surface area contributed by atoms with Crippen LogP contribution in [0, 0.1) is 5.41 Å². The van der Waals surface area contributed by atoms with Gasteiger partial charge in [0.25, 0.3) is 0 Å². The number of carbonyl (C=O) groups excluding carboxylic acids is 1. The Bertz CT molecular complexity index is 566. The minimum atomic E-state index is -0.923. The Morgan fingerprint density at radius 3 is 2.43 bits per heavy atom. The number of benzene rings is 1. The molecule has 128 valence electrons. The predicted molar refractivity (Wildman–Crippen MR) is 88.0 cm³/mol. The Balaban J connectivity index is 2.89. The van der Waals surface area contributed by atoms with Crippen molar-refractivity contribution in [2.24, 2.45) is 5.41 Å². The molecule has 0 spiro atoms. The second-order valence-electron chi connectivity index (χ2n) is 6.49. The van der Waals surface area contributed by atoms with Crippen molar-refractivity contribution in [1.29, 1.82) is 0 Å². The summed E-state index contributed by atoms with van der Waals surface area (Å²) in [5, 5.41) is 11.7. The Morgan fingerprint density at radius 1 is 1.26 bits per heavy atom. The summed E-state index contributed by atoms with van der Waals surface area (Å²) in [6.07, 6.45) is -0.0200. The van der Waals surface area contributed by atoms with Gasteiger partial charge in [0.15, 0.2) is 0 Å². The minimum absolute atomic E-state index is 0.0394. The van der Waals surface area contributed by atoms with E-state index in [-0.39, 0.29) is 24.9 Å². The van der Waals surface area contributed by atoms with Crippen molar-refractivity contribution < 1.29 is 24.2 Å². The highest BCUT2D eigenvalue weighted by Crippen LogP contribution is 2.31. The second-order valence-corrected chi connectivity index (χ2v) is 6.49. The quantitative estimate of drug-likeness (QED) is 0.766. The summed E-state index contributed by atoms with van der Waals surface area (Å²) in [7, 11) is 1.54. The first-order valence-corrected chi connectivity index (χ1v) is 7.49. The summed E-state index contributed by atoms with van der Waals surface area (Å²) in [5.41, 5.74) is -0.123. The lowest BCUT2D eigenvalue weighted by Gasteiger charge is -2.22. The number of nitrogens with one attached hydrogen (secondary N) is 1. The van der Waals surface area contributed by atoms with Gasteiger partial charge in [-0.1, -0.05) is 13.8 Å². The van der Waals surface area contributed by atoms with Crippen molar-refractivity contribution in [3.63, 3.8) is 0 Å². The molecule has 0 atom stereocenters. The molecule has 0 unspecified atom stereocenters. The van der Waals surface area contributed by atoms with E-state index < -0.39 is 11.4 Å². The van der Waals surface area contributed by atoms with Crippen LogP contribution in [-0.2, 0) is 9.59 Å². The lowest BCUT2D eigenvalue weighted by molar-refractivity contribution is -0.139. The molecule has 6 heteroatoms. The monoisotopic (exact) mass is 323 g/mol. The molecule has 0 aliphatic rings. The van der Waals surface area contributed by atoms with Crippen molar-refractivity contribution in [2.75, 3.05) is 12.4 Å². The number of rotatable bonds is 8. The Kier molecular flexibility index (Phi) is 6.42. The molecule has 0 aromatic heterocycles. The number of methoxy groups -OCH3 is 1. The van der Waals surface area contributed by atoms with Crippen molar-refractivity contribution in [1.82, 2.24) is 0 Å². The molecule has 1 aromatic rings. The average Bonchev–Trinajstić information content (AvgIpc) is 2.37. The van der Waals surface area contributed by atoms with Gasteiger partial charge in [-0.2, -0.15) is 0 Å². The number of aliphatic carboxylic acids is 1. The van der Waals surface area contributed by atoms with E-state index in [0.717, 1.165) is 0 Å². The van der Waals surface area contributed by atoms with Crippen LogP contribution in [-0.4, -0.2) is 30.2 Å². The zero-order valence-corrected chi connectivity index (χ0v) is 14.3. The lowest BCUT2D eigenvalue weighted by atomic mass is 9.85. The molecule has 0 bridgehead atoms. The highest BCUT2D eigenvalue weighted by molar-refractivity contribution is 5.93. The van der Waals surface area contributed by atoms with Crippen LogP contribution in [0.3, 0.4) is 0 Å². The van der Waals surface area contributed by atoms with Crippen LogP contribution in [0.25, 0.3) is 0 Å². The van der Waals surface area contributed by atoms with Gasteiger partial charge < -0.3 is 19.9 Å². The molecular formula is C17H25NO5. The van der Waals surface area contributed by atoms with Crippen LogP contribution in [0.2, 0.25) is 0 Å². The number of hydrogen-bond donors (Lipinski definition) is 2. The number of carboxylic acid groups (broad SMARTS) is 1. The molecule has 6 nitrogen and oxygen atoms in total. The van der Waals surface area contributed by atoms with E-state index in [1.54, 1.807) is 39.2 Å². The maximum atomic E-state index is 12.2. The smallest absolute Gasteiger partial charge is 0.303 e. The molecule has 0 saturated carbocycles. The molecule has 1 amide bonds. The van der Waals surface area contributed by atoms with E-state index in [0.29, 0.717) is 17.2 Å². The summed E-state index contributed by atoms with van der Waals surface area (Å²) in [5.74, 6) is -0.0440. The molecule has 1 aromatic carbocycles. The van der Waals surface area contributed by atoms with Crippen molar-refractivity contribution >= 4 is 17.6 Å². The third-order valence-corrected chi connectivity index (χ3v) is 3.09. The maximum Gasteiger partial charge on any atom is 0.303 e. The van der Waals surface area contributed by atoms with E-state index in [4.69, 9.17) is 14.6 Å². The van der Waals surface area contributed by atoms with E-state index in [9.17, 15) is 9.59 Å². The van der Waals surface area contributed by atoms with Gasteiger partial charge in [-0.3, -0.25) is 9.59 Å². The topological polar surface area (TPSA) is 84.9 Å². The molecule has 0 aliphatic heterocycles. The molecule has 0 fully saturated rings. The summed E-state index contributed by atoms with van der Waals surface area (Å²) < 4.78 is 10.8. The third-order valence-electron chi connectivity index (χ3n) is 3.09. The molecule has 0 radical (unpaired) electrons. The molecule has 23 heavy (non-hydrogen) atoms. The number of amides is 1. The fraction of sp³-hybridized carbons (Fsp3) is 0.529. The Labute approximate surface area is 136 Å². The van der Waals surface area contributed by atoms with Crippen LogP contribution in [0.4, 0.5) is 5.69 Å². The first kappa shape index (κ1) is 18.8. The van der Waals surface area contributed by atoms with Gasteiger partial charge in [0, 0.05) is 12.5 Å². The number of hydrogen-bond acceptors (Lipinski definition) is 4. The Morgan fingerprint density at radius 2 is 1.91 bits per heavy atom. The highest BCUT2D eigenvalue weighted by atomic mass is 16.5. The highest BCUT2D eigenvalue weighted by Gasteiger charge is 2.25. The van der Waals surface area contributed by atoms with Crippen molar-refractivity contribution in [3.05, 3.63) is 18.2 Å². The van der Waals surface area contributed by atoms with Crippen LogP contribution < -0.4 is 14.8 Å². The van der Waals surface area contributed by atoms with E-state index in [1.165, 1.54) is 0 Å². The summed E-state index contributed by atoms with van der Waals surface area (Å²) in [4.78, 5) is 23.1. The van der Waals surface area contributed by atoms with E-state index >= 15 is 0 Å². The average molecular weight is 323 g/mol. The largest absolute Gasteiger partial charge is 0.497 e. The van der Waals surface area contributed by atoms with Gasteiger partial charge in [-0.25, -0.2) is 0 Å². The van der Waals surface area contributed by atoms with Crippen molar-refractivity contribution in [2.45, 2.75) is 46.6 Å². The first-order chi connectivity index (χ1) is 10.6. The standard InChI is InChI=1S/C17H25NO5/c1-11(2)23-14-7-6-12(22-5)8-13(14)18-15(19)9-17(3,4)10-16(20)21/h6-8,11H,9-10H2,1-5H3,(H,18,19)(H,20,21). The number of carboxylic acids is 1. The van der Waals surface area contributed by atoms with Crippen LogP contribution in [0.1, 0.15) is 40.5 Å². The van der Waals surface area contributed by atoms with E-state index in [1.807, 2.05) is 13.8 Å². The summed E-state index contributed by atoms with van der Waals surface area (Å²) >= 11 is 0. The van der Waals surface area contributed by atoms with Crippen molar-refractivity contribution in [3.8, 4) is 11.5 Å². The first-order valence-electron chi connectivity index (χ1n) is 7.49. The fourth-order valence-corrected chi connectivity index (χ4v) is 2.19. The summed E-state index contributed by atoms with van der Waals surface area (Å²) in [6, 6.07) is 5.17. The van der Waals surface area contributed by atoms with Gasteiger partial charge in [-0.15, -0.1) is 0 Å². The normalized spacial score (nSPS) is 11.2.